The Balaban J connectivity index is 2.96. The molecular formula is C13H18ClNO. The van der Waals surface area contributed by atoms with Gasteiger partial charge in [0.1, 0.15) is 0 Å². The van der Waals surface area contributed by atoms with Crippen LogP contribution in [-0.2, 0) is 0 Å². The minimum atomic E-state index is 0.512. The Hall–Kier alpha value is -1.02. The van der Waals surface area contributed by atoms with E-state index < -0.39 is 0 Å². The molecule has 0 aliphatic carbocycles. The lowest BCUT2D eigenvalue weighted by atomic mass is 10.1. The molecule has 0 unspecified atom stereocenters. The number of rotatable bonds is 5. The van der Waals surface area contributed by atoms with E-state index in [-0.39, 0.29) is 0 Å². The fraction of sp³-hybridized carbons (Fsp3) is 0.462. The second-order valence-electron chi connectivity index (χ2n) is 3.90. The van der Waals surface area contributed by atoms with Crippen molar-refractivity contribution in [3.8, 4) is 0 Å². The van der Waals surface area contributed by atoms with Crippen LogP contribution in [0.5, 0.6) is 0 Å². The van der Waals surface area contributed by atoms with Gasteiger partial charge in [-0.1, -0.05) is 25.4 Å². The van der Waals surface area contributed by atoms with Gasteiger partial charge in [0, 0.05) is 24.3 Å². The van der Waals surface area contributed by atoms with E-state index in [1.165, 1.54) is 0 Å². The number of hydrogen-bond acceptors (Lipinski definition) is 2. The number of aldehydes is 1. The van der Waals surface area contributed by atoms with E-state index in [1.807, 2.05) is 12.1 Å². The maximum atomic E-state index is 10.7. The predicted molar refractivity (Wildman–Crippen MR) is 69.6 cm³/mol. The van der Waals surface area contributed by atoms with Gasteiger partial charge in [0.2, 0.25) is 0 Å². The topological polar surface area (TPSA) is 20.3 Å². The van der Waals surface area contributed by atoms with Gasteiger partial charge in [-0.3, -0.25) is 4.79 Å². The maximum Gasteiger partial charge on any atom is 0.151 e. The SMILES string of the molecule is CCC(CC)N(C)c1ccc(C=O)c(Cl)c1. The summed E-state index contributed by atoms with van der Waals surface area (Å²) in [7, 11) is 2.06. The maximum absolute atomic E-state index is 10.7. The lowest BCUT2D eigenvalue weighted by molar-refractivity contribution is 0.112. The van der Waals surface area contributed by atoms with Crippen molar-refractivity contribution < 1.29 is 4.79 Å². The highest BCUT2D eigenvalue weighted by atomic mass is 35.5. The van der Waals surface area contributed by atoms with Crippen LogP contribution in [0.1, 0.15) is 37.0 Å². The summed E-state index contributed by atoms with van der Waals surface area (Å²) in [6.45, 7) is 4.35. The lowest BCUT2D eigenvalue weighted by Crippen LogP contribution is -2.30. The van der Waals surface area contributed by atoms with E-state index in [0.717, 1.165) is 24.8 Å². The van der Waals surface area contributed by atoms with Gasteiger partial charge in [0.25, 0.3) is 0 Å². The van der Waals surface area contributed by atoms with Crippen LogP contribution in [0.3, 0.4) is 0 Å². The monoisotopic (exact) mass is 239 g/mol. The molecule has 0 fully saturated rings. The summed E-state index contributed by atoms with van der Waals surface area (Å²) in [5.41, 5.74) is 1.60. The Kier molecular flexibility index (Phi) is 4.81. The van der Waals surface area contributed by atoms with Crippen LogP contribution < -0.4 is 4.90 Å². The highest BCUT2D eigenvalue weighted by molar-refractivity contribution is 6.33. The average molecular weight is 240 g/mol. The van der Waals surface area contributed by atoms with E-state index in [1.54, 1.807) is 6.07 Å². The van der Waals surface area contributed by atoms with Crippen molar-refractivity contribution in [2.24, 2.45) is 0 Å². The third-order valence-electron chi connectivity index (χ3n) is 3.01. The molecule has 1 aromatic carbocycles. The van der Waals surface area contributed by atoms with Crippen LogP contribution in [0.4, 0.5) is 5.69 Å². The zero-order valence-corrected chi connectivity index (χ0v) is 10.8. The molecule has 0 aromatic heterocycles. The second kappa shape index (κ2) is 5.90. The molecule has 0 saturated carbocycles. The van der Waals surface area contributed by atoms with Gasteiger partial charge in [-0.2, -0.15) is 0 Å². The van der Waals surface area contributed by atoms with E-state index in [2.05, 4.69) is 25.8 Å². The molecule has 0 heterocycles. The molecule has 16 heavy (non-hydrogen) atoms. The number of carbonyl (C=O) groups is 1. The van der Waals surface area contributed by atoms with E-state index in [4.69, 9.17) is 11.6 Å². The highest BCUT2D eigenvalue weighted by Gasteiger charge is 2.12. The van der Waals surface area contributed by atoms with Gasteiger partial charge >= 0.3 is 0 Å². The zero-order chi connectivity index (χ0) is 12.1. The Morgan fingerprint density at radius 1 is 1.38 bits per heavy atom. The molecule has 3 heteroatoms. The second-order valence-corrected chi connectivity index (χ2v) is 4.31. The first-order chi connectivity index (χ1) is 7.63. The summed E-state index contributed by atoms with van der Waals surface area (Å²) < 4.78 is 0. The fourth-order valence-electron chi connectivity index (χ4n) is 1.88. The molecule has 0 N–H and O–H groups in total. The van der Waals surface area contributed by atoms with Crippen LogP contribution in [0.2, 0.25) is 5.02 Å². The average Bonchev–Trinajstić information content (AvgIpc) is 2.30. The third-order valence-corrected chi connectivity index (χ3v) is 3.34. The van der Waals surface area contributed by atoms with Crippen molar-refractivity contribution in [1.29, 1.82) is 0 Å². The Labute approximate surface area is 102 Å². The minimum absolute atomic E-state index is 0.512. The molecule has 0 bridgehead atoms. The molecule has 0 saturated heterocycles. The third kappa shape index (κ3) is 2.76. The fourth-order valence-corrected chi connectivity index (χ4v) is 2.10. The van der Waals surface area contributed by atoms with Crippen molar-refractivity contribution in [2.75, 3.05) is 11.9 Å². The summed E-state index contributed by atoms with van der Waals surface area (Å²) in [6.07, 6.45) is 2.98. The summed E-state index contributed by atoms with van der Waals surface area (Å²) in [4.78, 5) is 12.9. The van der Waals surface area contributed by atoms with Crippen molar-refractivity contribution in [1.82, 2.24) is 0 Å². The normalized spacial score (nSPS) is 10.6. The van der Waals surface area contributed by atoms with Crippen molar-refractivity contribution in [3.63, 3.8) is 0 Å². The minimum Gasteiger partial charge on any atom is -0.372 e. The standard InChI is InChI=1S/C13H18ClNO/c1-4-11(5-2)15(3)12-7-6-10(9-16)13(14)8-12/h6-9,11H,4-5H2,1-3H3. The number of carbonyl (C=O) groups excluding carboxylic acids is 1. The molecule has 1 aromatic rings. The first-order valence-electron chi connectivity index (χ1n) is 5.61. The molecule has 0 spiro atoms. The van der Waals surface area contributed by atoms with Crippen molar-refractivity contribution in [2.45, 2.75) is 32.7 Å². The Morgan fingerprint density at radius 2 is 2.00 bits per heavy atom. The molecule has 2 nitrogen and oxygen atoms in total. The highest BCUT2D eigenvalue weighted by Crippen LogP contribution is 2.24. The number of nitrogens with zero attached hydrogens (tertiary/aromatic N) is 1. The first-order valence-corrected chi connectivity index (χ1v) is 5.99. The summed E-state index contributed by atoms with van der Waals surface area (Å²) in [6, 6.07) is 6.07. The zero-order valence-electron chi connectivity index (χ0n) is 10.0. The Bertz CT molecular complexity index is 361. The number of benzene rings is 1. The quantitative estimate of drug-likeness (QED) is 0.729. The van der Waals surface area contributed by atoms with Gasteiger partial charge in [0.15, 0.2) is 6.29 Å². The van der Waals surface area contributed by atoms with Gasteiger partial charge in [-0.15, -0.1) is 0 Å². The molecular weight excluding hydrogens is 222 g/mol. The smallest absolute Gasteiger partial charge is 0.151 e. The number of hydrogen-bond donors (Lipinski definition) is 0. The van der Waals surface area contributed by atoms with Crippen molar-refractivity contribution >= 4 is 23.6 Å². The van der Waals surface area contributed by atoms with Gasteiger partial charge < -0.3 is 4.90 Å². The molecule has 0 amide bonds. The predicted octanol–water partition coefficient (Wildman–Crippen LogP) is 3.78. The lowest BCUT2D eigenvalue weighted by Gasteiger charge is -2.28. The van der Waals surface area contributed by atoms with Gasteiger partial charge in [0.05, 0.1) is 5.02 Å². The van der Waals surface area contributed by atoms with Crippen LogP contribution in [0, 0.1) is 0 Å². The molecule has 0 aliphatic heterocycles. The summed E-state index contributed by atoms with van der Waals surface area (Å²) in [5, 5.41) is 0.519. The van der Waals surface area contributed by atoms with E-state index in [9.17, 15) is 4.79 Å². The molecule has 88 valence electrons. The molecule has 0 radical (unpaired) electrons. The van der Waals surface area contributed by atoms with Crippen molar-refractivity contribution in [3.05, 3.63) is 28.8 Å². The van der Waals surface area contributed by atoms with Gasteiger partial charge in [-0.25, -0.2) is 0 Å². The molecule has 1 rings (SSSR count). The van der Waals surface area contributed by atoms with Crippen LogP contribution >= 0.6 is 11.6 Å². The summed E-state index contributed by atoms with van der Waals surface area (Å²) in [5.74, 6) is 0. The molecule has 0 aliphatic rings. The largest absolute Gasteiger partial charge is 0.372 e. The van der Waals surface area contributed by atoms with Gasteiger partial charge in [-0.05, 0) is 31.0 Å². The molecule has 0 atom stereocenters. The number of halogens is 1. The van der Waals surface area contributed by atoms with Crippen LogP contribution in [-0.4, -0.2) is 19.4 Å². The summed E-state index contributed by atoms with van der Waals surface area (Å²) >= 11 is 6.01. The van der Waals surface area contributed by atoms with E-state index in [0.29, 0.717) is 16.6 Å². The van der Waals surface area contributed by atoms with Crippen LogP contribution in [0.25, 0.3) is 0 Å². The number of anilines is 1. The Morgan fingerprint density at radius 3 is 2.44 bits per heavy atom. The first kappa shape index (κ1) is 13.0. The van der Waals surface area contributed by atoms with Crippen LogP contribution in [0.15, 0.2) is 18.2 Å². The van der Waals surface area contributed by atoms with E-state index >= 15 is 0 Å².